The van der Waals surface area contributed by atoms with E-state index in [1.54, 1.807) is 0 Å². The molecule has 12 nitrogen and oxygen atoms in total. The fourth-order valence-corrected chi connectivity index (χ4v) is 2.82. The summed E-state index contributed by atoms with van der Waals surface area (Å²) in [6.07, 6.45) is 1.77. The summed E-state index contributed by atoms with van der Waals surface area (Å²) in [5.74, 6) is -3.87. The lowest BCUT2D eigenvalue weighted by molar-refractivity contribution is -0.145. The highest BCUT2D eigenvalue weighted by Gasteiger charge is 2.31. The molecule has 1 rings (SSSR count). The van der Waals surface area contributed by atoms with E-state index in [1.165, 1.54) is 19.4 Å². The number of carbonyl (C=O) groups excluding carboxylic acids is 3. The van der Waals surface area contributed by atoms with Crippen LogP contribution in [0.2, 0.25) is 0 Å². The highest BCUT2D eigenvalue weighted by atomic mass is 32.1. The Hall–Kier alpha value is -2.29. The van der Waals surface area contributed by atoms with Crippen LogP contribution in [0.1, 0.15) is 12.6 Å². The number of carboxylic acids is 1. The second-order valence-electron chi connectivity index (χ2n) is 6.44. The van der Waals surface area contributed by atoms with E-state index in [0.717, 1.165) is 0 Å². The second-order valence-corrected chi connectivity index (χ2v) is 7.17. The molecule has 30 heavy (non-hydrogen) atoms. The lowest BCUT2D eigenvalue weighted by atomic mass is 10.1. The topological polar surface area (TPSA) is 200 Å². The third-order valence-corrected chi connectivity index (χ3v) is 4.74. The van der Waals surface area contributed by atoms with Crippen LogP contribution >= 0.6 is 25.3 Å². The predicted octanol–water partition coefficient (Wildman–Crippen LogP) is -2.94. The van der Waals surface area contributed by atoms with Gasteiger partial charge in [0.05, 0.1) is 18.5 Å². The van der Waals surface area contributed by atoms with Crippen LogP contribution in [0.5, 0.6) is 0 Å². The van der Waals surface area contributed by atoms with Crippen LogP contribution in [0.4, 0.5) is 0 Å². The Kier molecular flexibility index (Phi) is 10.7. The Bertz CT molecular complexity index is 732. The van der Waals surface area contributed by atoms with Gasteiger partial charge in [0.1, 0.15) is 12.1 Å². The normalized spacial score (nSPS) is 15.9. The van der Waals surface area contributed by atoms with Gasteiger partial charge in [0.25, 0.3) is 0 Å². The van der Waals surface area contributed by atoms with E-state index >= 15 is 0 Å². The molecule has 0 radical (unpaired) electrons. The number of aliphatic carboxylic acids is 1. The molecular formula is C16H26N6O6S2. The molecule has 0 saturated carbocycles. The summed E-state index contributed by atoms with van der Waals surface area (Å²) in [6, 6.07) is -4.82. The molecule has 168 valence electrons. The van der Waals surface area contributed by atoms with Gasteiger partial charge in [0, 0.05) is 29.8 Å². The first kappa shape index (κ1) is 25.7. The first-order valence-corrected chi connectivity index (χ1v) is 10.1. The number of H-pyrrole nitrogens is 1. The van der Waals surface area contributed by atoms with Crippen molar-refractivity contribution in [2.45, 2.75) is 43.6 Å². The number of thiol groups is 2. The maximum Gasteiger partial charge on any atom is 0.328 e. The molecule has 5 unspecified atom stereocenters. The molecule has 0 aliphatic rings. The number of aliphatic hydroxyl groups is 1. The summed E-state index contributed by atoms with van der Waals surface area (Å²) in [5, 5.41) is 25.4. The van der Waals surface area contributed by atoms with Gasteiger partial charge in [-0.15, -0.1) is 0 Å². The van der Waals surface area contributed by atoms with Crippen molar-refractivity contribution in [3.63, 3.8) is 0 Å². The van der Waals surface area contributed by atoms with Crippen molar-refractivity contribution in [1.82, 2.24) is 25.9 Å². The number of nitrogens with zero attached hydrogens (tertiary/aromatic N) is 1. The fourth-order valence-electron chi connectivity index (χ4n) is 2.31. The van der Waals surface area contributed by atoms with Gasteiger partial charge in [-0.3, -0.25) is 14.4 Å². The van der Waals surface area contributed by atoms with Crippen molar-refractivity contribution in [2.24, 2.45) is 5.73 Å². The molecule has 0 spiro atoms. The van der Waals surface area contributed by atoms with Gasteiger partial charge in [-0.1, -0.05) is 0 Å². The molecule has 5 atom stereocenters. The van der Waals surface area contributed by atoms with Gasteiger partial charge in [-0.05, 0) is 6.92 Å². The van der Waals surface area contributed by atoms with Gasteiger partial charge in [-0.25, -0.2) is 9.78 Å². The van der Waals surface area contributed by atoms with E-state index in [4.69, 9.17) is 10.8 Å². The highest BCUT2D eigenvalue weighted by Crippen LogP contribution is 2.00. The van der Waals surface area contributed by atoms with E-state index in [0.29, 0.717) is 5.69 Å². The lowest BCUT2D eigenvalue weighted by Crippen LogP contribution is -2.59. The van der Waals surface area contributed by atoms with Crippen molar-refractivity contribution in [3.8, 4) is 0 Å². The van der Waals surface area contributed by atoms with Crippen LogP contribution in [0.25, 0.3) is 0 Å². The highest BCUT2D eigenvalue weighted by molar-refractivity contribution is 7.80. The Balaban J connectivity index is 2.69. The van der Waals surface area contributed by atoms with E-state index in [-0.39, 0.29) is 17.9 Å². The largest absolute Gasteiger partial charge is 0.480 e. The monoisotopic (exact) mass is 462 g/mol. The average molecular weight is 463 g/mol. The number of aromatic amines is 1. The molecule has 0 bridgehead atoms. The van der Waals surface area contributed by atoms with Gasteiger partial charge in [-0.2, -0.15) is 25.3 Å². The number of carbonyl (C=O) groups is 4. The van der Waals surface area contributed by atoms with Crippen LogP contribution in [-0.4, -0.2) is 85.6 Å². The molecule has 1 heterocycles. The van der Waals surface area contributed by atoms with Crippen LogP contribution in [0, 0.1) is 0 Å². The number of nitrogens with one attached hydrogen (secondary N) is 4. The fraction of sp³-hybridized carbons (Fsp3) is 0.562. The summed E-state index contributed by atoms with van der Waals surface area (Å²) >= 11 is 8.02. The number of hydrogen-bond donors (Lipinski definition) is 9. The first-order chi connectivity index (χ1) is 14.1. The van der Waals surface area contributed by atoms with E-state index in [9.17, 15) is 24.3 Å². The molecular weight excluding hydrogens is 436 g/mol. The Morgan fingerprint density at radius 2 is 1.63 bits per heavy atom. The van der Waals surface area contributed by atoms with Gasteiger partial charge in [0.2, 0.25) is 17.7 Å². The molecule has 0 aromatic carbocycles. The standard InChI is InChI=1S/C16H26N6O6S2/c1-7(23)12(16(27)28)22-15(26)11(5-30)21-14(25)10(4-29)20-13(24)9(17)2-8-3-18-6-19-8/h3,6-7,9-12,23,29-30H,2,4-5,17H2,1H3,(H,18,19)(H,20,24)(H,21,25)(H,22,26)(H,27,28). The van der Waals surface area contributed by atoms with Gasteiger partial charge >= 0.3 is 5.97 Å². The minimum absolute atomic E-state index is 0.0827. The van der Waals surface area contributed by atoms with Crippen LogP contribution in [-0.2, 0) is 25.6 Å². The van der Waals surface area contributed by atoms with Crippen molar-refractivity contribution in [3.05, 3.63) is 18.2 Å². The molecule has 8 N–H and O–H groups in total. The third kappa shape index (κ3) is 7.85. The van der Waals surface area contributed by atoms with Crippen molar-refractivity contribution >= 4 is 48.9 Å². The smallest absolute Gasteiger partial charge is 0.328 e. The Morgan fingerprint density at radius 1 is 1.10 bits per heavy atom. The summed E-state index contributed by atoms with van der Waals surface area (Å²) in [5.41, 5.74) is 6.47. The maximum absolute atomic E-state index is 12.5. The molecule has 0 aliphatic heterocycles. The SMILES string of the molecule is CC(O)C(NC(=O)C(CS)NC(=O)C(CS)NC(=O)C(N)Cc1cnc[nH]1)C(=O)O. The van der Waals surface area contributed by atoms with E-state index in [1.807, 2.05) is 0 Å². The molecule has 1 aromatic rings. The number of rotatable bonds is 12. The Labute approximate surface area is 183 Å². The summed E-state index contributed by atoms with van der Waals surface area (Å²) in [6.45, 7) is 1.20. The van der Waals surface area contributed by atoms with Crippen LogP contribution in [0.3, 0.4) is 0 Å². The van der Waals surface area contributed by atoms with Gasteiger partial charge in [0.15, 0.2) is 6.04 Å². The molecule has 0 aliphatic carbocycles. The number of imidazole rings is 1. The predicted molar refractivity (Wildman–Crippen MR) is 113 cm³/mol. The van der Waals surface area contributed by atoms with Crippen LogP contribution < -0.4 is 21.7 Å². The quantitative estimate of drug-likeness (QED) is 0.147. The molecule has 0 saturated heterocycles. The summed E-state index contributed by atoms with van der Waals surface area (Å²) in [4.78, 5) is 54.7. The van der Waals surface area contributed by atoms with Gasteiger partial charge < -0.3 is 36.9 Å². The zero-order valence-corrected chi connectivity index (χ0v) is 17.9. The number of aliphatic hydroxyl groups excluding tert-OH is 1. The van der Waals surface area contributed by atoms with E-state index in [2.05, 4.69) is 51.2 Å². The summed E-state index contributed by atoms with van der Waals surface area (Å²) < 4.78 is 0. The maximum atomic E-state index is 12.5. The minimum atomic E-state index is -1.56. The summed E-state index contributed by atoms with van der Waals surface area (Å²) in [7, 11) is 0. The molecule has 3 amide bonds. The second kappa shape index (κ2) is 12.4. The van der Waals surface area contributed by atoms with Crippen molar-refractivity contribution in [1.29, 1.82) is 0 Å². The third-order valence-electron chi connectivity index (χ3n) is 4.01. The zero-order chi connectivity index (χ0) is 22.8. The van der Waals surface area contributed by atoms with Crippen LogP contribution in [0.15, 0.2) is 12.5 Å². The molecule has 14 heteroatoms. The average Bonchev–Trinajstić information content (AvgIpc) is 3.19. The molecule has 1 aromatic heterocycles. The lowest BCUT2D eigenvalue weighted by Gasteiger charge is -2.24. The van der Waals surface area contributed by atoms with Crippen molar-refractivity contribution in [2.75, 3.05) is 11.5 Å². The molecule has 0 fully saturated rings. The number of carboxylic acid groups (broad SMARTS) is 1. The van der Waals surface area contributed by atoms with E-state index < -0.39 is 54.0 Å². The number of aromatic nitrogens is 2. The van der Waals surface area contributed by atoms with Crippen molar-refractivity contribution < 1.29 is 29.4 Å². The number of nitrogens with two attached hydrogens (primary N) is 1. The zero-order valence-electron chi connectivity index (χ0n) is 16.1. The minimum Gasteiger partial charge on any atom is -0.480 e. The Morgan fingerprint density at radius 3 is 2.07 bits per heavy atom. The number of amides is 3. The first-order valence-electron chi connectivity index (χ1n) is 8.87. The number of hydrogen-bond acceptors (Lipinski definition) is 9.